The topological polar surface area (TPSA) is 3.24 Å². The van der Waals surface area contributed by atoms with Gasteiger partial charge in [0.2, 0.25) is 0 Å². The van der Waals surface area contributed by atoms with Crippen molar-refractivity contribution >= 4 is 27.8 Å². The third-order valence-electron chi connectivity index (χ3n) is 12.0. The first-order valence-electron chi connectivity index (χ1n) is 18.8. The molecule has 0 aromatic heterocycles. The van der Waals surface area contributed by atoms with Crippen LogP contribution in [0.5, 0.6) is 0 Å². The van der Waals surface area contributed by atoms with E-state index in [1.54, 1.807) is 0 Å². The first kappa shape index (κ1) is 31.5. The molecule has 0 aliphatic heterocycles. The Morgan fingerprint density at radius 1 is 0.358 bits per heavy atom. The van der Waals surface area contributed by atoms with Crippen molar-refractivity contribution in [2.24, 2.45) is 0 Å². The van der Waals surface area contributed by atoms with Crippen LogP contribution in [0.15, 0.2) is 176 Å². The van der Waals surface area contributed by atoms with Crippen molar-refractivity contribution in [3.05, 3.63) is 198 Å². The van der Waals surface area contributed by atoms with Gasteiger partial charge in [0.25, 0.3) is 0 Å². The van der Waals surface area contributed by atoms with Gasteiger partial charge >= 0.3 is 0 Å². The van der Waals surface area contributed by atoms with Crippen molar-refractivity contribution in [2.45, 2.75) is 38.5 Å². The molecule has 0 amide bonds. The smallest absolute Gasteiger partial charge is 0.0508 e. The highest BCUT2D eigenvalue weighted by Gasteiger charge is 2.39. The molecule has 0 unspecified atom stereocenters. The number of nitrogens with zero attached hydrogens (tertiary/aromatic N) is 1. The van der Waals surface area contributed by atoms with Gasteiger partial charge in [0, 0.05) is 22.2 Å². The predicted octanol–water partition coefficient (Wildman–Crippen LogP) is 14.3. The van der Waals surface area contributed by atoms with E-state index >= 15 is 0 Å². The Hall–Kier alpha value is -6.18. The summed E-state index contributed by atoms with van der Waals surface area (Å²) in [6.07, 6.45) is 0. The predicted molar refractivity (Wildman–Crippen MR) is 225 cm³/mol. The number of anilines is 3. The summed E-state index contributed by atoms with van der Waals surface area (Å²) in [7, 11) is 0. The minimum atomic E-state index is -0.164. The maximum Gasteiger partial charge on any atom is 0.0508 e. The Labute approximate surface area is 312 Å². The highest BCUT2D eigenvalue weighted by Crippen LogP contribution is 2.55. The van der Waals surface area contributed by atoms with Crippen LogP contribution in [0.2, 0.25) is 0 Å². The molecule has 8 aromatic carbocycles. The van der Waals surface area contributed by atoms with Crippen LogP contribution in [-0.2, 0) is 10.8 Å². The molecule has 1 nitrogen and oxygen atoms in total. The zero-order chi connectivity index (χ0) is 35.9. The first-order valence-corrected chi connectivity index (χ1v) is 18.8. The van der Waals surface area contributed by atoms with Gasteiger partial charge in [-0.3, -0.25) is 0 Å². The van der Waals surface area contributed by atoms with Crippen LogP contribution >= 0.6 is 0 Å². The van der Waals surface area contributed by atoms with Crippen molar-refractivity contribution in [1.82, 2.24) is 0 Å². The molecule has 0 heterocycles. The van der Waals surface area contributed by atoms with Gasteiger partial charge in [-0.05, 0) is 114 Å². The van der Waals surface area contributed by atoms with E-state index in [9.17, 15) is 0 Å². The average molecular weight is 680 g/mol. The molecule has 0 N–H and O–H groups in total. The lowest BCUT2D eigenvalue weighted by atomic mass is 9.81. The zero-order valence-electron chi connectivity index (χ0n) is 30.7. The van der Waals surface area contributed by atoms with Crippen LogP contribution in [0.25, 0.3) is 55.3 Å². The molecule has 53 heavy (non-hydrogen) atoms. The molecule has 2 aliphatic rings. The molecule has 2 aliphatic carbocycles. The molecule has 0 saturated heterocycles. The summed E-state index contributed by atoms with van der Waals surface area (Å²) in [5.41, 5.74) is 19.1. The first-order chi connectivity index (χ1) is 25.8. The number of hydrogen-bond acceptors (Lipinski definition) is 1. The Morgan fingerprint density at radius 2 is 0.943 bits per heavy atom. The molecule has 0 atom stereocenters. The van der Waals surface area contributed by atoms with Crippen molar-refractivity contribution in [2.75, 3.05) is 4.90 Å². The molecule has 0 fully saturated rings. The third-order valence-corrected chi connectivity index (χ3v) is 12.0. The highest BCUT2D eigenvalue weighted by atomic mass is 15.1. The highest BCUT2D eigenvalue weighted by molar-refractivity contribution is 5.98. The van der Waals surface area contributed by atoms with Crippen molar-refractivity contribution in [3.8, 4) is 44.5 Å². The molecular weight excluding hydrogens is 639 g/mol. The fourth-order valence-corrected chi connectivity index (χ4v) is 9.41. The summed E-state index contributed by atoms with van der Waals surface area (Å²) in [6.45, 7) is 9.46. The van der Waals surface area contributed by atoms with Crippen LogP contribution in [0.3, 0.4) is 0 Å². The second-order valence-electron chi connectivity index (χ2n) is 15.8. The van der Waals surface area contributed by atoms with Gasteiger partial charge in [0.05, 0.1) is 5.69 Å². The standard InChI is InChI=1S/C52H41N/c1-51(2)46-23-9-7-19-42(46)44-31-28-36(33-48(44)51)34-26-29-38(30-27-34)53(49-25-13-22-45-43-20-8-10-24-47(43)52(3,4)50(45)49)39-17-11-16-37(32-39)41-21-12-15-35-14-5-6-18-40(35)41/h5-33H,1-4H3. The molecule has 0 spiro atoms. The summed E-state index contributed by atoms with van der Waals surface area (Å²) in [6, 6.07) is 65.3. The number of fused-ring (bicyclic) bond motifs is 7. The quantitative estimate of drug-likeness (QED) is 0.175. The second kappa shape index (κ2) is 11.7. The van der Waals surface area contributed by atoms with Crippen LogP contribution < -0.4 is 4.90 Å². The van der Waals surface area contributed by atoms with Crippen molar-refractivity contribution < 1.29 is 0 Å². The van der Waals surface area contributed by atoms with Gasteiger partial charge in [-0.2, -0.15) is 0 Å². The molecular formula is C52H41N. The van der Waals surface area contributed by atoms with E-state index in [1.165, 1.54) is 83.2 Å². The van der Waals surface area contributed by atoms with E-state index in [0.29, 0.717) is 0 Å². The summed E-state index contributed by atoms with van der Waals surface area (Å²) < 4.78 is 0. The summed E-state index contributed by atoms with van der Waals surface area (Å²) in [4.78, 5) is 2.48. The monoisotopic (exact) mass is 679 g/mol. The van der Waals surface area contributed by atoms with Crippen molar-refractivity contribution in [3.63, 3.8) is 0 Å². The Morgan fingerprint density at radius 3 is 1.75 bits per heavy atom. The van der Waals surface area contributed by atoms with Crippen LogP contribution in [0, 0.1) is 0 Å². The van der Waals surface area contributed by atoms with Crippen LogP contribution in [-0.4, -0.2) is 0 Å². The lowest BCUT2D eigenvalue weighted by Crippen LogP contribution is -2.20. The molecule has 0 radical (unpaired) electrons. The number of rotatable bonds is 5. The summed E-state index contributed by atoms with van der Waals surface area (Å²) in [5, 5.41) is 2.52. The summed E-state index contributed by atoms with van der Waals surface area (Å²) in [5.74, 6) is 0. The number of benzene rings is 8. The van der Waals surface area contributed by atoms with Gasteiger partial charge in [0.15, 0.2) is 0 Å². The molecule has 1 heteroatoms. The Balaban J connectivity index is 1.12. The minimum Gasteiger partial charge on any atom is -0.310 e. The normalized spacial score (nSPS) is 14.3. The van der Waals surface area contributed by atoms with E-state index in [4.69, 9.17) is 0 Å². The molecule has 0 bridgehead atoms. The van der Waals surface area contributed by atoms with Gasteiger partial charge in [-0.15, -0.1) is 0 Å². The minimum absolute atomic E-state index is 0.0359. The largest absolute Gasteiger partial charge is 0.310 e. The van der Waals surface area contributed by atoms with E-state index in [2.05, 4.69) is 209 Å². The Kier molecular flexibility index (Phi) is 6.94. The molecule has 0 saturated carbocycles. The lowest BCUT2D eigenvalue weighted by molar-refractivity contribution is 0.660. The van der Waals surface area contributed by atoms with E-state index < -0.39 is 0 Å². The Bertz CT molecular complexity index is 2720. The maximum atomic E-state index is 2.48. The van der Waals surface area contributed by atoms with Gasteiger partial charge in [-0.25, -0.2) is 0 Å². The number of hydrogen-bond donors (Lipinski definition) is 0. The van der Waals surface area contributed by atoms with Gasteiger partial charge < -0.3 is 4.90 Å². The van der Waals surface area contributed by atoms with E-state index in [-0.39, 0.29) is 10.8 Å². The average Bonchev–Trinajstić information content (AvgIpc) is 3.58. The fraction of sp³-hybridized carbons (Fsp3) is 0.115. The van der Waals surface area contributed by atoms with Crippen LogP contribution in [0.1, 0.15) is 49.9 Å². The molecule has 10 rings (SSSR count). The third kappa shape index (κ3) is 4.77. The second-order valence-corrected chi connectivity index (χ2v) is 15.8. The summed E-state index contributed by atoms with van der Waals surface area (Å²) >= 11 is 0. The zero-order valence-corrected chi connectivity index (χ0v) is 30.7. The fourth-order valence-electron chi connectivity index (χ4n) is 9.41. The lowest BCUT2D eigenvalue weighted by Gasteiger charge is -2.32. The van der Waals surface area contributed by atoms with Crippen LogP contribution in [0.4, 0.5) is 17.1 Å². The van der Waals surface area contributed by atoms with Gasteiger partial charge in [-0.1, -0.05) is 167 Å². The van der Waals surface area contributed by atoms with E-state index in [0.717, 1.165) is 11.4 Å². The maximum absolute atomic E-state index is 2.48. The van der Waals surface area contributed by atoms with Gasteiger partial charge in [0.1, 0.15) is 0 Å². The molecule has 254 valence electrons. The van der Waals surface area contributed by atoms with Crippen molar-refractivity contribution in [1.29, 1.82) is 0 Å². The SMILES string of the molecule is CC1(C)c2ccccc2-c2ccc(-c3ccc(N(c4cccc(-c5cccc6ccccc56)c4)c4cccc5c4C(C)(C)c4ccccc4-5)cc3)cc21. The molecule has 8 aromatic rings. The van der Waals surface area contributed by atoms with E-state index in [1.807, 2.05) is 0 Å².